The van der Waals surface area contributed by atoms with Gasteiger partial charge in [0.25, 0.3) is 6.43 Å². The first kappa shape index (κ1) is 18.7. The van der Waals surface area contributed by atoms with Crippen LogP contribution in [0.15, 0.2) is 34.4 Å². The third-order valence-electron chi connectivity index (χ3n) is 5.59. The second-order valence-corrected chi connectivity index (χ2v) is 8.82. The van der Waals surface area contributed by atoms with Gasteiger partial charge in [-0.15, -0.1) is 10.2 Å². The molecular formula is C20H22F2N6S. The van der Waals surface area contributed by atoms with E-state index in [1.165, 1.54) is 11.8 Å². The molecule has 0 bridgehead atoms. The van der Waals surface area contributed by atoms with Crippen LogP contribution in [-0.2, 0) is 0 Å². The number of anilines is 1. The summed E-state index contributed by atoms with van der Waals surface area (Å²) < 4.78 is 28.9. The van der Waals surface area contributed by atoms with E-state index in [1.807, 2.05) is 12.1 Å². The molecule has 5 rings (SSSR count). The van der Waals surface area contributed by atoms with Crippen LogP contribution in [-0.4, -0.2) is 37.8 Å². The van der Waals surface area contributed by atoms with Gasteiger partial charge in [0, 0.05) is 24.5 Å². The van der Waals surface area contributed by atoms with Gasteiger partial charge in [0.05, 0.1) is 5.52 Å². The lowest BCUT2D eigenvalue weighted by Gasteiger charge is -2.31. The van der Waals surface area contributed by atoms with Crippen molar-refractivity contribution < 1.29 is 8.78 Å². The SMILES string of the molecule is CC1CCN(c2nnc(Sc3nc(C(F)F)nc4ccccc34)n2C2CC2)CC1. The molecule has 0 N–H and O–H groups in total. The van der Waals surface area contributed by atoms with Crippen LogP contribution in [0, 0.1) is 5.92 Å². The number of piperidine rings is 1. The summed E-state index contributed by atoms with van der Waals surface area (Å²) in [6.07, 6.45) is 1.76. The summed E-state index contributed by atoms with van der Waals surface area (Å²) >= 11 is 1.31. The number of fused-ring (bicyclic) bond motifs is 1. The van der Waals surface area contributed by atoms with Crippen molar-refractivity contribution in [1.29, 1.82) is 0 Å². The number of rotatable bonds is 5. The lowest BCUT2D eigenvalue weighted by atomic mass is 10.00. The van der Waals surface area contributed by atoms with Gasteiger partial charge < -0.3 is 4.90 Å². The van der Waals surface area contributed by atoms with Gasteiger partial charge in [0.1, 0.15) is 5.03 Å². The Morgan fingerprint density at radius 1 is 1.03 bits per heavy atom. The van der Waals surface area contributed by atoms with Crippen molar-refractivity contribution in [3.63, 3.8) is 0 Å². The highest BCUT2D eigenvalue weighted by atomic mass is 32.2. The molecule has 3 aromatic rings. The van der Waals surface area contributed by atoms with Crippen molar-refractivity contribution in [2.75, 3.05) is 18.0 Å². The molecule has 1 saturated carbocycles. The van der Waals surface area contributed by atoms with Crippen molar-refractivity contribution >= 4 is 28.6 Å². The molecule has 1 aliphatic carbocycles. The Labute approximate surface area is 171 Å². The first-order valence-electron chi connectivity index (χ1n) is 10.0. The van der Waals surface area contributed by atoms with Crippen molar-refractivity contribution in [1.82, 2.24) is 24.7 Å². The highest BCUT2D eigenvalue weighted by Crippen LogP contribution is 2.43. The van der Waals surface area contributed by atoms with Gasteiger partial charge in [-0.25, -0.2) is 18.7 Å². The second-order valence-electron chi connectivity index (χ2n) is 7.86. The van der Waals surface area contributed by atoms with Crippen LogP contribution in [0.25, 0.3) is 10.9 Å². The number of aromatic nitrogens is 5. The molecule has 1 saturated heterocycles. The largest absolute Gasteiger partial charge is 0.341 e. The average Bonchev–Trinajstić information content (AvgIpc) is 3.48. The van der Waals surface area contributed by atoms with Gasteiger partial charge in [-0.2, -0.15) is 0 Å². The van der Waals surface area contributed by atoms with Crippen LogP contribution in [0.5, 0.6) is 0 Å². The molecule has 6 nitrogen and oxygen atoms in total. The smallest absolute Gasteiger partial charge is 0.297 e. The zero-order valence-corrected chi connectivity index (χ0v) is 16.9. The zero-order valence-electron chi connectivity index (χ0n) is 16.1. The lowest BCUT2D eigenvalue weighted by Crippen LogP contribution is -2.34. The Balaban J connectivity index is 1.53. The molecule has 2 aromatic heterocycles. The van der Waals surface area contributed by atoms with Gasteiger partial charge in [-0.1, -0.05) is 25.1 Å². The van der Waals surface area contributed by atoms with E-state index < -0.39 is 12.2 Å². The predicted octanol–water partition coefficient (Wildman–Crippen LogP) is 4.88. The van der Waals surface area contributed by atoms with E-state index in [1.54, 1.807) is 12.1 Å². The number of para-hydroxylation sites is 1. The lowest BCUT2D eigenvalue weighted by molar-refractivity contribution is 0.140. The third kappa shape index (κ3) is 3.68. The highest BCUT2D eigenvalue weighted by molar-refractivity contribution is 7.99. The molecule has 1 aromatic carbocycles. The molecule has 0 amide bonds. The maximum absolute atomic E-state index is 13.3. The van der Waals surface area contributed by atoms with E-state index in [4.69, 9.17) is 0 Å². The molecule has 0 radical (unpaired) electrons. The van der Waals surface area contributed by atoms with E-state index >= 15 is 0 Å². The van der Waals surface area contributed by atoms with Crippen molar-refractivity contribution in [3.8, 4) is 0 Å². The molecule has 0 spiro atoms. The van der Waals surface area contributed by atoms with Gasteiger partial charge >= 0.3 is 0 Å². The number of hydrogen-bond donors (Lipinski definition) is 0. The Bertz CT molecular complexity index is 1030. The molecule has 2 fully saturated rings. The molecule has 0 atom stereocenters. The summed E-state index contributed by atoms with van der Waals surface area (Å²) in [5.74, 6) is 1.18. The van der Waals surface area contributed by atoms with E-state index in [9.17, 15) is 8.78 Å². The average molecular weight is 417 g/mol. The van der Waals surface area contributed by atoms with Crippen LogP contribution < -0.4 is 4.90 Å². The summed E-state index contributed by atoms with van der Waals surface area (Å²) in [5.41, 5.74) is 0.517. The third-order valence-corrected chi connectivity index (χ3v) is 6.56. The maximum atomic E-state index is 13.3. The van der Waals surface area contributed by atoms with Crippen LogP contribution in [0.2, 0.25) is 0 Å². The van der Waals surface area contributed by atoms with Crippen molar-refractivity contribution in [3.05, 3.63) is 30.1 Å². The summed E-state index contributed by atoms with van der Waals surface area (Å²) in [5, 5.41) is 10.9. The summed E-state index contributed by atoms with van der Waals surface area (Å²) in [6, 6.07) is 7.63. The number of benzene rings is 1. The molecule has 152 valence electrons. The minimum absolute atomic E-state index is 0.379. The molecule has 1 aliphatic heterocycles. The van der Waals surface area contributed by atoms with Crippen LogP contribution in [0.1, 0.15) is 50.9 Å². The fraction of sp³-hybridized carbons (Fsp3) is 0.500. The Morgan fingerprint density at radius 3 is 2.52 bits per heavy atom. The minimum atomic E-state index is -2.72. The van der Waals surface area contributed by atoms with Gasteiger partial charge in [0.15, 0.2) is 11.0 Å². The molecule has 0 unspecified atom stereocenters. The normalized spacial score (nSPS) is 18.1. The van der Waals surface area contributed by atoms with E-state index in [0.29, 0.717) is 21.7 Å². The quantitative estimate of drug-likeness (QED) is 0.553. The number of alkyl halides is 2. The van der Waals surface area contributed by atoms with Crippen molar-refractivity contribution in [2.45, 2.75) is 55.3 Å². The first-order chi connectivity index (χ1) is 14.1. The van der Waals surface area contributed by atoms with Crippen LogP contribution in [0.3, 0.4) is 0 Å². The Hall–Kier alpha value is -2.29. The van der Waals surface area contributed by atoms with Gasteiger partial charge in [-0.3, -0.25) is 4.57 Å². The number of nitrogens with zero attached hydrogens (tertiary/aromatic N) is 6. The predicted molar refractivity (Wildman–Crippen MR) is 108 cm³/mol. The fourth-order valence-electron chi connectivity index (χ4n) is 3.74. The maximum Gasteiger partial charge on any atom is 0.297 e. The highest BCUT2D eigenvalue weighted by Gasteiger charge is 2.33. The number of hydrogen-bond acceptors (Lipinski definition) is 6. The summed E-state index contributed by atoms with van der Waals surface area (Å²) in [6.45, 7) is 4.23. The number of halogens is 2. The van der Waals surface area contributed by atoms with Crippen LogP contribution in [0.4, 0.5) is 14.7 Å². The minimum Gasteiger partial charge on any atom is -0.341 e. The van der Waals surface area contributed by atoms with Gasteiger partial charge in [-0.05, 0) is 49.4 Å². The Morgan fingerprint density at radius 2 is 1.79 bits per heavy atom. The standard InChI is InChI=1S/C20H22F2N6S/c1-12-8-10-27(11-9-12)19-25-26-20(28(19)13-6-7-13)29-18-14-4-2-3-5-15(14)23-17(24-18)16(21)22/h2-5,12-13,16H,6-11H2,1H3. The first-order valence-corrected chi connectivity index (χ1v) is 10.8. The van der Waals surface area contributed by atoms with Gasteiger partial charge in [0.2, 0.25) is 5.95 Å². The molecular weight excluding hydrogens is 394 g/mol. The van der Waals surface area contributed by atoms with Crippen molar-refractivity contribution in [2.24, 2.45) is 5.92 Å². The molecule has 2 aliphatic rings. The topological polar surface area (TPSA) is 59.7 Å². The monoisotopic (exact) mass is 416 g/mol. The zero-order chi connectivity index (χ0) is 20.0. The van der Waals surface area contributed by atoms with E-state index in [-0.39, 0.29) is 0 Å². The van der Waals surface area contributed by atoms with E-state index in [2.05, 4.69) is 36.6 Å². The molecule has 9 heteroatoms. The van der Waals surface area contributed by atoms with Crippen LogP contribution >= 0.6 is 11.8 Å². The molecule has 3 heterocycles. The summed E-state index contributed by atoms with van der Waals surface area (Å²) in [4.78, 5) is 10.5. The van der Waals surface area contributed by atoms with E-state index in [0.717, 1.165) is 56.0 Å². The Kier molecular flexibility index (Phi) is 4.85. The molecule has 29 heavy (non-hydrogen) atoms. The summed E-state index contributed by atoms with van der Waals surface area (Å²) in [7, 11) is 0. The fourth-order valence-corrected chi connectivity index (χ4v) is 4.75. The second kappa shape index (κ2) is 7.51.